The molecular weight excluding hydrogens is 479 g/mol. The van der Waals surface area contributed by atoms with Crippen molar-refractivity contribution in [3.63, 3.8) is 0 Å². The van der Waals surface area contributed by atoms with Crippen LogP contribution in [0.3, 0.4) is 0 Å². The van der Waals surface area contributed by atoms with E-state index in [0.29, 0.717) is 28.1 Å². The first-order valence-electron chi connectivity index (χ1n) is 10.5. The van der Waals surface area contributed by atoms with Crippen molar-refractivity contribution in [1.82, 2.24) is 5.01 Å². The summed E-state index contributed by atoms with van der Waals surface area (Å²) in [5.74, 6) is -0.459. The van der Waals surface area contributed by atoms with Crippen LogP contribution < -0.4 is 5.32 Å². The number of nitrogens with zero attached hydrogens (tertiary/aromatic N) is 3. The molecule has 3 aromatic rings. The average Bonchev–Trinajstić information content (AvgIpc) is 3.56. The van der Waals surface area contributed by atoms with Gasteiger partial charge in [0.1, 0.15) is 22.9 Å². The second kappa shape index (κ2) is 9.44. The van der Waals surface area contributed by atoms with Crippen LogP contribution in [0.1, 0.15) is 30.2 Å². The first kappa shape index (κ1) is 22.4. The highest BCUT2D eigenvalue weighted by Crippen LogP contribution is 2.38. The van der Waals surface area contributed by atoms with Crippen LogP contribution in [0.15, 0.2) is 81.4 Å². The fourth-order valence-corrected chi connectivity index (χ4v) is 4.91. The van der Waals surface area contributed by atoms with Crippen molar-refractivity contribution in [3.05, 3.63) is 89.1 Å². The third kappa shape index (κ3) is 4.76. The Balaban J connectivity index is 1.32. The Labute approximate surface area is 203 Å². The number of carbonyl (C=O) groups excluding carboxylic acids is 2. The van der Waals surface area contributed by atoms with Crippen LogP contribution in [0.2, 0.25) is 5.02 Å². The van der Waals surface area contributed by atoms with Gasteiger partial charge in [0.2, 0.25) is 5.91 Å². The van der Waals surface area contributed by atoms with Crippen molar-refractivity contribution in [2.24, 2.45) is 10.1 Å². The molecule has 2 aliphatic heterocycles. The fourth-order valence-electron chi connectivity index (χ4n) is 3.72. The van der Waals surface area contributed by atoms with E-state index in [1.807, 2.05) is 18.2 Å². The molecule has 0 fully saturated rings. The van der Waals surface area contributed by atoms with E-state index >= 15 is 0 Å². The van der Waals surface area contributed by atoms with Crippen LogP contribution in [0.25, 0.3) is 0 Å². The summed E-state index contributed by atoms with van der Waals surface area (Å²) in [6.45, 7) is 0. The maximum atomic E-state index is 13.1. The van der Waals surface area contributed by atoms with E-state index in [4.69, 9.17) is 21.1 Å². The highest BCUT2D eigenvalue weighted by Gasteiger charge is 2.40. The molecule has 2 aliphatic rings. The quantitative estimate of drug-likeness (QED) is 0.521. The highest BCUT2D eigenvalue weighted by atomic mass is 35.5. The second-order valence-electron chi connectivity index (χ2n) is 7.73. The van der Waals surface area contributed by atoms with Crippen LogP contribution in [0, 0.1) is 5.82 Å². The largest absolute Gasteiger partial charge is 0.467 e. The summed E-state index contributed by atoms with van der Waals surface area (Å²) in [6, 6.07) is 16.2. The summed E-state index contributed by atoms with van der Waals surface area (Å²) in [6.07, 6.45) is 2.07. The van der Waals surface area contributed by atoms with Gasteiger partial charge in [-0.2, -0.15) is 10.1 Å². The minimum absolute atomic E-state index is 0.0686. The number of halogens is 2. The first-order valence-corrected chi connectivity index (χ1v) is 11.7. The van der Waals surface area contributed by atoms with E-state index in [0.717, 1.165) is 11.3 Å². The van der Waals surface area contributed by atoms with Crippen molar-refractivity contribution >= 4 is 51.7 Å². The van der Waals surface area contributed by atoms with Gasteiger partial charge >= 0.3 is 0 Å². The third-order valence-corrected chi connectivity index (χ3v) is 6.78. The molecule has 2 aromatic carbocycles. The Morgan fingerprint density at radius 2 is 1.94 bits per heavy atom. The van der Waals surface area contributed by atoms with Crippen LogP contribution in [-0.2, 0) is 9.59 Å². The minimum Gasteiger partial charge on any atom is -0.467 e. The van der Waals surface area contributed by atoms with Gasteiger partial charge in [-0.1, -0.05) is 35.5 Å². The van der Waals surface area contributed by atoms with Gasteiger partial charge in [0, 0.05) is 23.6 Å². The number of amidine groups is 1. The molecule has 10 heteroatoms. The van der Waals surface area contributed by atoms with Crippen molar-refractivity contribution < 1.29 is 18.4 Å². The van der Waals surface area contributed by atoms with E-state index in [1.54, 1.807) is 29.5 Å². The number of benzene rings is 2. The number of hydrazone groups is 1. The summed E-state index contributed by atoms with van der Waals surface area (Å²) in [5, 5.41) is 9.46. The van der Waals surface area contributed by atoms with E-state index in [9.17, 15) is 14.0 Å². The number of anilines is 1. The lowest BCUT2D eigenvalue weighted by molar-refractivity contribution is -0.121. The number of amides is 2. The van der Waals surface area contributed by atoms with E-state index in [2.05, 4.69) is 10.3 Å². The van der Waals surface area contributed by atoms with Gasteiger partial charge in [-0.05, 0) is 54.1 Å². The molecule has 172 valence electrons. The summed E-state index contributed by atoms with van der Waals surface area (Å²) >= 11 is 7.21. The van der Waals surface area contributed by atoms with Gasteiger partial charge < -0.3 is 9.73 Å². The van der Waals surface area contributed by atoms with Gasteiger partial charge in [0.15, 0.2) is 5.17 Å². The van der Waals surface area contributed by atoms with Crippen LogP contribution >= 0.6 is 23.4 Å². The van der Waals surface area contributed by atoms with E-state index < -0.39 is 17.0 Å². The van der Waals surface area contributed by atoms with Gasteiger partial charge in [-0.25, -0.2) is 9.40 Å². The average molecular weight is 497 g/mol. The number of thioether (sulfide) groups is 1. The summed E-state index contributed by atoms with van der Waals surface area (Å²) in [4.78, 5) is 29.3. The number of rotatable bonds is 5. The Morgan fingerprint density at radius 3 is 2.65 bits per heavy atom. The predicted molar refractivity (Wildman–Crippen MR) is 129 cm³/mol. The van der Waals surface area contributed by atoms with Crippen molar-refractivity contribution in [1.29, 1.82) is 0 Å². The molecule has 3 heterocycles. The molecule has 7 nitrogen and oxygen atoms in total. The van der Waals surface area contributed by atoms with Crippen molar-refractivity contribution in [3.8, 4) is 0 Å². The molecule has 5 rings (SSSR count). The number of hydrogen-bond donors (Lipinski definition) is 1. The predicted octanol–water partition coefficient (Wildman–Crippen LogP) is 5.25. The number of hydrogen-bond acceptors (Lipinski definition) is 6. The number of nitrogens with one attached hydrogen (secondary N) is 1. The van der Waals surface area contributed by atoms with E-state index in [-0.39, 0.29) is 18.4 Å². The molecular formula is C24H18ClFN4O3S. The zero-order valence-corrected chi connectivity index (χ0v) is 19.2. The molecule has 0 aliphatic carbocycles. The number of aliphatic imine (C=N–C) groups is 1. The second-order valence-corrected chi connectivity index (χ2v) is 9.34. The molecule has 34 heavy (non-hydrogen) atoms. The minimum atomic E-state index is -0.678. The SMILES string of the molecule is O=C(C[C@@H]1SC(N2N=C(c3ccc(Cl)cc3)C[C@H]2c2ccco2)=NC1=O)Nc1ccc(F)cc1. The lowest BCUT2D eigenvalue weighted by Gasteiger charge is -2.20. The summed E-state index contributed by atoms with van der Waals surface area (Å²) in [7, 11) is 0. The van der Waals surface area contributed by atoms with Gasteiger partial charge in [-0.3, -0.25) is 9.59 Å². The van der Waals surface area contributed by atoms with Crippen LogP contribution in [0.5, 0.6) is 0 Å². The van der Waals surface area contributed by atoms with Gasteiger partial charge in [0.05, 0.1) is 12.0 Å². The molecule has 2 atom stereocenters. The normalized spacial score (nSPS) is 19.8. The molecule has 0 spiro atoms. The Hall–Kier alpha value is -3.43. The lowest BCUT2D eigenvalue weighted by atomic mass is 10.0. The van der Waals surface area contributed by atoms with Gasteiger partial charge in [0.25, 0.3) is 5.91 Å². The molecule has 0 unspecified atom stereocenters. The molecule has 2 amide bonds. The van der Waals surface area contributed by atoms with Crippen LogP contribution in [-0.4, -0.2) is 33.0 Å². The van der Waals surface area contributed by atoms with E-state index in [1.165, 1.54) is 36.0 Å². The maximum Gasteiger partial charge on any atom is 0.262 e. The van der Waals surface area contributed by atoms with Crippen LogP contribution in [0.4, 0.5) is 10.1 Å². The molecule has 0 saturated heterocycles. The Bertz CT molecular complexity index is 1280. The van der Waals surface area contributed by atoms with Crippen molar-refractivity contribution in [2.75, 3.05) is 5.32 Å². The topological polar surface area (TPSA) is 87.3 Å². The first-order chi connectivity index (χ1) is 16.5. The smallest absolute Gasteiger partial charge is 0.262 e. The Morgan fingerprint density at radius 1 is 1.18 bits per heavy atom. The van der Waals surface area contributed by atoms with Crippen molar-refractivity contribution in [2.45, 2.75) is 24.1 Å². The molecule has 0 bridgehead atoms. The maximum absolute atomic E-state index is 13.1. The summed E-state index contributed by atoms with van der Waals surface area (Å²) in [5.41, 5.74) is 2.18. The fraction of sp³-hybridized carbons (Fsp3) is 0.167. The number of furan rings is 1. The highest BCUT2D eigenvalue weighted by molar-refractivity contribution is 8.15. The Kier molecular flexibility index (Phi) is 6.21. The molecule has 1 aromatic heterocycles. The monoisotopic (exact) mass is 496 g/mol. The standard InChI is InChI=1S/C24H18ClFN4O3S/c25-15-5-3-14(4-6-15)18-12-19(20-2-1-11-33-20)30(29-18)24-28-23(32)21(34-24)13-22(31)27-17-9-7-16(26)8-10-17/h1-11,19,21H,12-13H2,(H,27,31)/t19-,21-/m0/s1. The molecule has 0 saturated carbocycles. The number of carbonyl (C=O) groups is 2. The zero-order valence-electron chi connectivity index (χ0n) is 17.7. The summed E-state index contributed by atoms with van der Waals surface area (Å²) < 4.78 is 18.7. The molecule has 1 N–H and O–H groups in total. The third-order valence-electron chi connectivity index (χ3n) is 5.38. The lowest BCUT2D eigenvalue weighted by Crippen LogP contribution is -2.24. The zero-order chi connectivity index (χ0) is 23.7. The molecule has 0 radical (unpaired) electrons. The van der Waals surface area contributed by atoms with Gasteiger partial charge in [-0.15, -0.1) is 0 Å².